The number of rotatable bonds is 5. The molecule has 4 heteroatoms. The summed E-state index contributed by atoms with van der Waals surface area (Å²) >= 11 is 0. The van der Waals surface area contributed by atoms with Gasteiger partial charge in [-0.15, -0.1) is 0 Å². The molecule has 0 saturated carbocycles. The Bertz CT molecular complexity index is 995. The van der Waals surface area contributed by atoms with Crippen LogP contribution in [0.3, 0.4) is 0 Å². The van der Waals surface area contributed by atoms with Crippen molar-refractivity contribution >= 4 is 5.78 Å². The molecule has 0 aliphatic heterocycles. The number of ether oxygens (including phenoxy) is 1. The van der Waals surface area contributed by atoms with Crippen LogP contribution in [0.15, 0.2) is 89.5 Å². The summed E-state index contributed by atoms with van der Waals surface area (Å²) in [4.78, 5) is 13.4. The highest BCUT2D eigenvalue weighted by atomic mass is 16.5. The molecule has 0 amide bonds. The largest absolute Gasteiger partial charge is 0.497 e. The van der Waals surface area contributed by atoms with E-state index in [0.29, 0.717) is 28.3 Å². The number of methoxy groups -OCH3 is 1. The van der Waals surface area contributed by atoms with Gasteiger partial charge in [0.25, 0.3) is 0 Å². The third-order valence-corrected chi connectivity index (χ3v) is 4.35. The zero-order valence-electron chi connectivity index (χ0n) is 14.8. The molecular weight excluding hydrogens is 338 g/mol. The number of carbonyl (C=O) groups is 1. The third-order valence-electron chi connectivity index (χ3n) is 4.35. The molecule has 132 valence electrons. The molecular formula is C23H17NO3. The minimum atomic E-state index is -0.142. The van der Waals surface area contributed by atoms with Crippen molar-refractivity contribution in [1.82, 2.24) is 5.16 Å². The molecule has 0 saturated heterocycles. The van der Waals surface area contributed by atoms with Gasteiger partial charge in [0.2, 0.25) is 0 Å². The van der Waals surface area contributed by atoms with Gasteiger partial charge in [-0.25, -0.2) is 0 Å². The molecule has 4 aromatic rings. The highest BCUT2D eigenvalue weighted by Crippen LogP contribution is 2.34. The van der Waals surface area contributed by atoms with E-state index in [2.05, 4.69) is 5.16 Å². The maximum Gasteiger partial charge on any atom is 0.199 e. The fourth-order valence-corrected chi connectivity index (χ4v) is 2.97. The molecule has 4 rings (SSSR count). The first-order valence-electron chi connectivity index (χ1n) is 8.57. The Morgan fingerprint density at radius 1 is 0.815 bits per heavy atom. The summed E-state index contributed by atoms with van der Waals surface area (Å²) in [5.41, 5.74) is 3.19. The molecule has 3 aromatic carbocycles. The van der Waals surface area contributed by atoms with Gasteiger partial charge in [0, 0.05) is 16.7 Å². The second-order valence-corrected chi connectivity index (χ2v) is 6.02. The molecule has 1 heterocycles. The van der Waals surface area contributed by atoms with Gasteiger partial charge in [-0.05, 0) is 24.3 Å². The maximum atomic E-state index is 13.4. The van der Waals surface area contributed by atoms with Crippen molar-refractivity contribution in [2.75, 3.05) is 7.11 Å². The first-order valence-corrected chi connectivity index (χ1v) is 8.57. The van der Waals surface area contributed by atoms with Gasteiger partial charge < -0.3 is 9.26 Å². The lowest BCUT2D eigenvalue weighted by molar-refractivity contribution is 0.103. The van der Waals surface area contributed by atoms with Crippen LogP contribution >= 0.6 is 0 Å². The van der Waals surface area contributed by atoms with Gasteiger partial charge in [-0.2, -0.15) is 0 Å². The predicted molar refractivity (Wildman–Crippen MR) is 104 cm³/mol. The van der Waals surface area contributed by atoms with Crippen LogP contribution in [0.5, 0.6) is 5.75 Å². The highest BCUT2D eigenvalue weighted by Gasteiger charge is 2.25. The second-order valence-electron chi connectivity index (χ2n) is 6.02. The highest BCUT2D eigenvalue weighted by molar-refractivity contribution is 6.15. The van der Waals surface area contributed by atoms with Crippen molar-refractivity contribution in [1.29, 1.82) is 0 Å². The van der Waals surface area contributed by atoms with Crippen LogP contribution in [-0.2, 0) is 0 Å². The summed E-state index contributed by atoms with van der Waals surface area (Å²) in [7, 11) is 1.60. The van der Waals surface area contributed by atoms with Crippen LogP contribution < -0.4 is 4.74 Å². The lowest BCUT2D eigenvalue weighted by atomic mass is 9.95. The SMILES string of the molecule is COc1ccc(C(=O)c2c(-c3ccccc3)noc2-c2ccccc2)cc1. The lowest BCUT2D eigenvalue weighted by Crippen LogP contribution is -2.04. The molecule has 0 spiro atoms. The number of hydrogen-bond donors (Lipinski definition) is 0. The number of nitrogens with zero attached hydrogens (tertiary/aromatic N) is 1. The van der Waals surface area contributed by atoms with Crippen molar-refractivity contribution in [3.63, 3.8) is 0 Å². The van der Waals surface area contributed by atoms with Gasteiger partial charge in [-0.1, -0.05) is 65.8 Å². The Hall–Kier alpha value is -3.66. The molecule has 0 aliphatic rings. The van der Waals surface area contributed by atoms with Crippen LogP contribution in [0.2, 0.25) is 0 Å². The number of carbonyl (C=O) groups excluding carboxylic acids is 1. The quantitative estimate of drug-likeness (QED) is 0.459. The summed E-state index contributed by atoms with van der Waals surface area (Å²) < 4.78 is 10.8. The van der Waals surface area contributed by atoms with E-state index in [1.54, 1.807) is 31.4 Å². The fourth-order valence-electron chi connectivity index (χ4n) is 2.97. The molecule has 0 N–H and O–H groups in total. The van der Waals surface area contributed by atoms with Crippen molar-refractivity contribution < 1.29 is 14.1 Å². The van der Waals surface area contributed by atoms with E-state index >= 15 is 0 Å². The first kappa shape index (κ1) is 16.8. The van der Waals surface area contributed by atoms with Gasteiger partial charge in [0.1, 0.15) is 11.4 Å². The molecule has 0 unspecified atom stereocenters. The first-order chi connectivity index (χ1) is 13.3. The molecule has 0 bridgehead atoms. The van der Waals surface area contributed by atoms with Crippen LogP contribution in [0.25, 0.3) is 22.6 Å². The van der Waals surface area contributed by atoms with Gasteiger partial charge in [0.15, 0.2) is 11.5 Å². The van der Waals surface area contributed by atoms with Crippen LogP contribution in [0, 0.1) is 0 Å². The number of benzene rings is 3. The number of hydrogen-bond acceptors (Lipinski definition) is 4. The summed E-state index contributed by atoms with van der Waals surface area (Å²) in [6, 6.07) is 26.1. The Labute approximate surface area is 157 Å². The Morgan fingerprint density at radius 3 is 2.00 bits per heavy atom. The molecule has 4 nitrogen and oxygen atoms in total. The maximum absolute atomic E-state index is 13.4. The normalized spacial score (nSPS) is 10.6. The topological polar surface area (TPSA) is 52.3 Å². The standard InChI is InChI=1S/C23H17NO3/c1-26-19-14-12-17(13-15-19)22(25)20-21(16-8-4-2-5-9-16)24-27-23(20)18-10-6-3-7-11-18/h2-15H,1H3. The van der Waals surface area contributed by atoms with E-state index in [0.717, 1.165) is 11.1 Å². The van der Waals surface area contributed by atoms with Crippen molar-refractivity contribution in [2.24, 2.45) is 0 Å². The summed E-state index contributed by atoms with van der Waals surface area (Å²) in [6.45, 7) is 0. The number of aromatic nitrogens is 1. The second kappa shape index (κ2) is 7.30. The molecule has 1 aromatic heterocycles. The third kappa shape index (κ3) is 3.25. The number of ketones is 1. The Morgan fingerprint density at radius 2 is 1.41 bits per heavy atom. The molecule has 0 radical (unpaired) electrons. The smallest absolute Gasteiger partial charge is 0.199 e. The Kier molecular flexibility index (Phi) is 4.54. The van der Waals surface area contributed by atoms with Gasteiger partial charge >= 0.3 is 0 Å². The van der Waals surface area contributed by atoms with Crippen molar-refractivity contribution in [3.05, 3.63) is 96.1 Å². The molecule has 27 heavy (non-hydrogen) atoms. The zero-order valence-corrected chi connectivity index (χ0v) is 14.8. The lowest BCUT2D eigenvalue weighted by Gasteiger charge is -2.06. The summed E-state index contributed by atoms with van der Waals surface area (Å²) in [5.74, 6) is 1.02. The van der Waals surface area contributed by atoms with E-state index in [4.69, 9.17) is 9.26 Å². The monoisotopic (exact) mass is 355 g/mol. The van der Waals surface area contributed by atoms with E-state index in [1.165, 1.54) is 0 Å². The van der Waals surface area contributed by atoms with Gasteiger partial charge in [0.05, 0.1) is 12.7 Å². The summed E-state index contributed by atoms with van der Waals surface area (Å²) in [6.07, 6.45) is 0. The summed E-state index contributed by atoms with van der Waals surface area (Å²) in [5, 5.41) is 4.22. The van der Waals surface area contributed by atoms with Crippen LogP contribution in [0.4, 0.5) is 0 Å². The van der Waals surface area contributed by atoms with Gasteiger partial charge in [-0.3, -0.25) is 4.79 Å². The van der Waals surface area contributed by atoms with Crippen LogP contribution in [-0.4, -0.2) is 18.0 Å². The average Bonchev–Trinajstić information content (AvgIpc) is 3.20. The predicted octanol–water partition coefficient (Wildman–Crippen LogP) is 5.25. The minimum absolute atomic E-state index is 0.142. The van der Waals surface area contributed by atoms with E-state index in [9.17, 15) is 4.79 Å². The van der Waals surface area contributed by atoms with Crippen LogP contribution in [0.1, 0.15) is 15.9 Å². The molecule has 0 fully saturated rings. The molecule has 0 aliphatic carbocycles. The Balaban J connectivity index is 1.88. The van der Waals surface area contributed by atoms with Crippen molar-refractivity contribution in [3.8, 4) is 28.3 Å². The van der Waals surface area contributed by atoms with Crippen molar-refractivity contribution in [2.45, 2.75) is 0 Å². The minimum Gasteiger partial charge on any atom is -0.497 e. The molecule has 0 atom stereocenters. The zero-order chi connectivity index (χ0) is 18.6. The van der Waals surface area contributed by atoms with E-state index in [-0.39, 0.29) is 5.78 Å². The average molecular weight is 355 g/mol. The fraction of sp³-hybridized carbons (Fsp3) is 0.0435. The van der Waals surface area contributed by atoms with E-state index < -0.39 is 0 Å². The van der Waals surface area contributed by atoms with E-state index in [1.807, 2.05) is 60.7 Å².